The van der Waals surface area contributed by atoms with Crippen LogP contribution >= 0.6 is 11.6 Å². The van der Waals surface area contributed by atoms with E-state index in [0.717, 1.165) is 5.56 Å². The molecule has 0 aliphatic carbocycles. The molecule has 1 N–H and O–H groups in total. The molecule has 0 bridgehead atoms. The van der Waals surface area contributed by atoms with Crippen molar-refractivity contribution in [2.75, 3.05) is 0 Å². The van der Waals surface area contributed by atoms with Crippen LogP contribution in [0, 0.1) is 11.3 Å². The van der Waals surface area contributed by atoms with Crippen molar-refractivity contribution in [2.24, 2.45) is 0 Å². The van der Waals surface area contributed by atoms with Gasteiger partial charge in [-0.3, -0.25) is 4.79 Å². The van der Waals surface area contributed by atoms with E-state index >= 15 is 0 Å². The van der Waals surface area contributed by atoms with E-state index in [4.69, 9.17) is 16.9 Å². The van der Waals surface area contributed by atoms with Gasteiger partial charge in [-0.05, 0) is 17.7 Å². The quantitative estimate of drug-likeness (QED) is 0.809. The zero-order valence-corrected chi connectivity index (χ0v) is 8.38. The van der Waals surface area contributed by atoms with Crippen molar-refractivity contribution in [1.29, 1.82) is 5.26 Å². The van der Waals surface area contributed by atoms with Crippen molar-refractivity contribution in [2.45, 2.75) is 13.0 Å². The Morgan fingerprint density at radius 2 is 2.07 bits per heavy atom. The van der Waals surface area contributed by atoms with Gasteiger partial charge < -0.3 is 5.32 Å². The van der Waals surface area contributed by atoms with Crippen LogP contribution in [0.25, 0.3) is 0 Å². The van der Waals surface area contributed by atoms with E-state index < -0.39 is 6.04 Å². The Bertz CT molecular complexity index is 367. The molecule has 0 saturated carbocycles. The Labute approximate surface area is 87.3 Å². The average molecular weight is 209 g/mol. The summed E-state index contributed by atoms with van der Waals surface area (Å²) in [5.74, 6) is -0.230. The number of halogens is 1. The molecule has 14 heavy (non-hydrogen) atoms. The lowest BCUT2D eigenvalue weighted by Crippen LogP contribution is -2.24. The molecule has 0 aliphatic heterocycles. The summed E-state index contributed by atoms with van der Waals surface area (Å²) in [6.07, 6.45) is 0. The Kier molecular flexibility index (Phi) is 3.49. The van der Waals surface area contributed by atoms with Gasteiger partial charge in [0.1, 0.15) is 6.04 Å². The Balaban J connectivity index is 2.85. The van der Waals surface area contributed by atoms with Crippen molar-refractivity contribution in [3.8, 4) is 6.07 Å². The standard InChI is InChI=1S/C10H9ClN2O/c1-7(14)13-10(6-12)8-2-4-9(11)5-3-8/h2-5,10H,1H3,(H,13,14)/t10-/m1/s1. The second-order valence-electron chi connectivity index (χ2n) is 2.81. The summed E-state index contributed by atoms with van der Waals surface area (Å²) in [5, 5.41) is 11.9. The Morgan fingerprint density at radius 3 is 2.50 bits per heavy atom. The van der Waals surface area contributed by atoms with Crippen molar-refractivity contribution in [3.05, 3.63) is 34.9 Å². The van der Waals surface area contributed by atoms with E-state index in [0.29, 0.717) is 5.02 Å². The molecule has 1 amide bonds. The van der Waals surface area contributed by atoms with Crippen molar-refractivity contribution in [3.63, 3.8) is 0 Å². The summed E-state index contributed by atoms with van der Waals surface area (Å²) in [6, 6.07) is 8.18. The molecule has 3 nitrogen and oxygen atoms in total. The molecule has 0 spiro atoms. The molecule has 0 aliphatic rings. The predicted octanol–water partition coefficient (Wildman–Crippen LogP) is 2.04. The van der Waals surface area contributed by atoms with Crippen molar-refractivity contribution in [1.82, 2.24) is 5.32 Å². The number of hydrogen-bond donors (Lipinski definition) is 1. The molecule has 0 aromatic heterocycles. The second kappa shape index (κ2) is 4.64. The monoisotopic (exact) mass is 208 g/mol. The van der Waals surface area contributed by atoms with Gasteiger partial charge in [0.05, 0.1) is 6.07 Å². The number of rotatable bonds is 2. The number of nitrogens with zero attached hydrogens (tertiary/aromatic N) is 1. The number of nitrogens with one attached hydrogen (secondary N) is 1. The maximum absolute atomic E-state index is 10.8. The van der Waals surface area contributed by atoms with Crippen LogP contribution in [-0.2, 0) is 4.79 Å². The number of amides is 1. The topological polar surface area (TPSA) is 52.9 Å². The van der Waals surface area contributed by atoms with Gasteiger partial charge in [-0.15, -0.1) is 0 Å². The number of carbonyl (C=O) groups is 1. The highest BCUT2D eigenvalue weighted by atomic mass is 35.5. The third kappa shape index (κ3) is 2.75. The largest absolute Gasteiger partial charge is 0.337 e. The first-order valence-corrected chi connectivity index (χ1v) is 4.43. The van der Waals surface area contributed by atoms with Gasteiger partial charge in [0.2, 0.25) is 5.91 Å². The van der Waals surface area contributed by atoms with Crippen molar-refractivity contribution >= 4 is 17.5 Å². The van der Waals surface area contributed by atoms with Crippen LogP contribution in [0.15, 0.2) is 24.3 Å². The van der Waals surface area contributed by atoms with Crippen LogP contribution in [0.4, 0.5) is 0 Å². The lowest BCUT2D eigenvalue weighted by molar-refractivity contribution is -0.119. The normalized spacial score (nSPS) is 11.5. The maximum atomic E-state index is 10.8. The zero-order valence-electron chi connectivity index (χ0n) is 7.62. The van der Waals surface area contributed by atoms with Crippen LogP contribution in [0.2, 0.25) is 5.02 Å². The third-order valence-electron chi connectivity index (χ3n) is 1.68. The predicted molar refractivity (Wildman–Crippen MR) is 53.6 cm³/mol. The Hall–Kier alpha value is -1.53. The molecule has 1 rings (SSSR count). The fourth-order valence-electron chi connectivity index (χ4n) is 1.05. The molecule has 0 fully saturated rings. The lowest BCUT2D eigenvalue weighted by Gasteiger charge is -2.09. The van der Waals surface area contributed by atoms with Crippen LogP contribution in [0.5, 0.6) is 0 Å². The van der Waals surface area contributed by atoms with E-state index in [1.54, 1.807) is 24.3 Å². The lowest BCUT2D eigenvalue weighted by atomic mass is 10.1. The van der Waals surface area contributed by atoms with Gasteiger partial charge in [0.25, 0.3) is 0 Å². The minimum Gasteiger partial charge on any atom is -0.337 e. The number of hydrogen-bond acceptors (Lipinski definition) is 2. The highest BCUT2D eigenvalue weighted by molar-refractivity contribution is 6.30. The molecule has 1 atom stereocenters. The molecule has 0 saturated heterocycles. The van der Waals surface area contributed by atoms with Crippen LogP contribution in [0.1, 0.15) is 18.5 Å². The summed E-state index contributed by atoms with van der Waals surface area (Å²) < 4.78 is 0. The average Bonchev–Trinajstić information content (AvgIpc) is 2.15. The number of benzene rings is 1. The molecule has 0 radical (unpaired) electrons. The smallest absolute Gasteiger partial charge is 0.218 e. The molecule has 1 aromatic carbocycles. The minimum atomic E-state index is -0.607. The van der Waals surface area contributed by atoms with E-state index in [-0.39, 0.29) is 5.91 Å². The highest BCUT2D eigenvalue weighted by Crippen LogP contribution is 2.15. The van der Waals surface area contributed by atoms with E-state index in [1.165, 1.54) is 6.92 Å². The fourth-order valence-corrected chi connectivity index (χ4v) is 1.17. The highest BCUT2D eigenvalue weighted by Gasteiger charge is 2.10. The third-order valence-corrected chi connectivity index (χ3v) is 1.93. The number of carbonyl (C=O) groups excluding carboxylic acids is 1. The fraction of sp³-hybridized carbons (Fsp3) is 0.200. The van der Waals surface area contributed by atoms with Gasteiger partial charge in [-0.2, -0.15) is 5.26 Å². The maximum Gasteiger partial charge on any atom is 0.218 e. The summed E-state index contributed by atoms with van der Waals surface area (Å²) in [5.41, 5.74) is 0.729. The van der Waals surface area contributed by atoms with E-state index in [2.05, 4.69) is 5.32 Å². The molecule has 1 aromatic rings. The number of nitriles is 1. The van der Waals surface area contributed by atoms with E-state index in [1.807, 2.05) is 6.07 Å². The molecular weight excluding hydrogens is 200 g/mol. The Morgan fingerprint density at radius 1 is 1.50 bits per heavy atom. The minimum absolute atomic E-state index is 0.230. The molecule has 0 heterocycles. The van der Waals surface area contributed by atoms with Crippen LogP contribution in [0.3, 0.4) is 0 Å². The van der Waals surface area contributed by atoms with Crippen molar-refractivity contribution < 1.29 is 4.79 Å². The van der Waals surface area contributed by atoms with Crippen LogP contribution in [-0.4, -0.2) is 5.91 Å². The van der Waals surface area contributed by atoms with Gasteiger partial charge in [-0.25, -0.2) is 0 Å². The summed E-state index contributed by atoms with van der Waals surface area (Å²) in [7, 11) is 0. The molecule has 4 heteroatoms. The van der Waals surface area contributed by atoms with E-state index in [9.17, 15) is 4.79 Å². The van der Waals surface area contributed by atoms with Gasteiger partial charge in [-0.1, -0.05) is 23.7 Å². The SMILES string of the molecule is CC(=O)N[C@H](C#N)c1ccc(Cl)cc1. The first kappa shape index (κ1) is 10.6. The van der Waals surface area contributed by atoms with Gasteiger partial charge >= 0.3 is 0 Å². The van der Waals surface area contributed by atoms with Crippen LogP contribution < -0.4 is 5.32 Å². The molecule has 0 unspecified atom stereocenters. The first-order chi connectivity index (χ1) is 6.63. The van der Waals surface area contributed by atoms with Gasteiger partial charge in [0.15, 0.2) is 0 Å². The molecule has 72 valence electrons. The summed E-state index contributed by atoms with van der Waals surface area (Å²) in [4.78, 5) is 10.8. The molecular formula is C10H9ClN2O. The first-order valence-electron chi connectivity index (χ1n) is 4.05. The zero-order chi connectivity index (χ0) is 10.6. The van der Waals surface area contributed by atoms with Gasteiger partial charge in [0, 0.05) is 11.9 Å². The summed E-state index contributed by atoms with van der Waals surface area (Å²) in [6.45, 7) is 1.38. The summed E-state index contributed by atoms with van der Waals surface area (Å²) >= 11 is 5.70. The second-order valence-corrected chi connectivity index (χ2v) is 3.25.